The number of rotatable bonds is 6. The third-order valence-corrected chi connectivity index (χ3v) is 11.0. The average molecular weight is 911 g/mol. The van der Waals surface area contributed by atoms with Crippen LogP contribution in [0.3, 0.4) is 0 Å². The van der Waals surface area contributed by atoms with Crippen molar-refractivity contribution in [3.63, 3.8) is 0 Å². The molecule has 0 aliphatic carbocycles. The summed E-state index contributed by atoms with van der Waals surface area (Å²) in [6, 6.07) is 54.1. The van der Waals surface area contributed by atoms with E-state index in [1.165, 1.54) is 27.8 Å². The second-order valence-electron chi connectivity index (χ2n) is 12.4. The van der Waals surface area contributed by atoms with E-state index < -0.39 is 17.1 Å². The molecule has 52 heavy (non-hydrogen) atoms. The first-order chi connectivity index (χ1) is 24.2. The molecule has 0 saturated heterocycles. The van der Waals surface area contributed by atoms with Crippen LogP contribution < -0.4 is 0 Å². The number of phenolic OH excluding ortho intramolecular Hbond substituents is 1. The van der Waals surface area contributed by atoms with Crippen LogP contribution in [-0.4, -0.2) is 28.2 Å². The van der Waals surface area contributed by atoms with Crippen molar-refractivity contribution in [1.82, 2.24) is 0 Å². The molecule has 3 nitrogen and oxygen atoms in total. The maximum absolute atomic E-state index is 10.5. The number of aromatic hydroxyl groups is 1. The molecule has 0 aliphatic heterocycles. The second kappa shape index (κ2) is 26.0. The van der Waals surface area contributed by atoms with Gasteiger partial charge in [-0.05, 0) is 54.2 Å². The van der Waals surface area contributed by atoms with Gasteiger partial charge in [-0.25, -0.2) is 0 Å². The summed E-state index contributed by atoms with van der Waals surface area (Å²) in [5.74, 6) is 0.302. The monoisotopic (exact) mass is 910 g/mol. The van der Waals surface area contributed by atoms with Gasteiger partial charge in [-0.3, -0.25) is 0 Å². The Bertz CT molecular complexity index is 1600. The van der Waals surface area contributed by atoms with Crippen molar-refractivity contribution in [2.24, 2.45) is 5.41 Å². The minimum Gasteiger partial charge on any atom is -0.516 e. The molecule has 3 N–H and O–H groups in total. The molecule has 0 saturated carbocycles. The van der Waals surface area contributed by atoms with E-state index in [-0.39, 0.29) is 43.2 Å². The molecular formula is C46H51ArClO3W-. The van der Waals surface area contributed by atoms with Crippen LogP contribution in [0.2, 0.25) is 0 Å². The van der Waals surface area contributed by atoms with Crippen LogP contribution in [0.1, 0.15) is 40.2 Å². The van der Waals surface area contributed by atoms with Crippen molar-refractivity contribution in [3.8, 4) is 50.3 Å². The summed E-state index contributed by atoms with van der Waals surface area (Å²) < 4.78 is 7.08. The smallest absolute Gasteiger partial charge is 0.0898 e. The van der Waals surface area contributed by atoms with Crippen LogP contribution in [0.25, 0.3) is 44.5 Å². The van der Waals surface area contributed by atoms with Crippen LogP contribution in [0, 0.1) is 56.1 Å². The van der Waals surface area contributed by atoms with Gasteiger partial charge in [0, 0.05) is 56.5 Å². The van der Waals surface area contributed by atoms with E-state index >= 15 is 0 Å². The summed E-state index contributed by atoms with van der Waals surface area (Å²) in [6.45, 7) is 14.4. The predicted molar refractivity (Wildman–Crippen MR) is 217 cm³/mol. The molecular weight excluding hydrogens is 860 g/mol. The molecule has 6 rings (SSSR count). The molecule has 275 valence electrons. The zero-order chi connectivity index (χ0) is 36.2. The molecule has 0 radical (unpaired) electrons. The molecule has 0 aromatic heterocycles. The molecule has 0 heterocycles. The van der Waals surface area contributed by atoms with E-state index in [1.807, 2.05) is 86.6 Å². The Hall–Kier alpha value is -2.85. The van der Waals surface area contributed by atoms with Crippen molar-refractivity contribution in [3.05, 3.63) is 163 Å². The number of hydrogen-bond donors (Lipinski definition) is 1. The van der Waals surface area contributed by atoms with E-state index in [1.54, 1.807) is 0 Å². The molecule has 0 bridgehead atoms. The van der Waals surface area contributed by atoms with Crippen molar-refractivity contribution < 1.29 is 70.1 Å². The molecule has 0 unspecified atom stereocenters. The number of para-hydroxylation sites is 1. The molecule has 6 aromatic carbocycles. The molecule has 6 heteroatoms. The topological polar surface area (TPSA) is 61.0 Å². The minimum absolute atomic E-state index is 0. The van der Waals surface area contributed by atoms with E-state index in [4.69, 9.17) is 14.2 Å². The molecule has 6 aromatic rings. The van der Waals surface area contributed by atoms with E-state index in [0.29, 0.717) is 11.2 Å². The standard InChI is InChI=1S/C19H16.C18H13O.C5H10.C4H10O.Ar.ClH.H2O.W/c1-15-18(16-9-4-2-5-10-16)13-8-14-19(15)17-11-6-3-7-12-17;19-18-16(14-8-3-1-4-9-14)12-7-13-17(18)15-10-5-2-6-11-15;1-5(2,3)4;1-3-5-4-2;;;;/h2-14H,1H3;1-10,12-13,19H;1H,2-4H3;3-4H2,1-2H3;;1H;1H2;/q;-1;;;;;;+1/p-1. The van der Waals surface area contributed by atoms with Gasteiger partial charge in [0.2, 0.25) is 0 Å². The Morgan fingerprint density at radius 1 is 0.615 bits per heavy atom. The minimum atomic E-state index is -0.543. The van der Waals surface area contributed by atoms with Gasteiger partial charge in [0.05, 0.1) is 5.75 Å². The fraction of sp³-hybridized carbons (Fsp3) is 0.196. The number of ether oxygens (including phenoxy) is 1. The first-order valence-electron chi connectivity index (χ1n) is 16.9. The van der Waals surface area contributed by atoms with Gasteiger partial charge in [-0.2, -0.15) is 0 Å². The number of phenols is 1. The molecule has 0 fully saturated rings. The van der Waals surface area contributed by atoms with Gasteiger partial charge in [0.15, 0.2) is 0 Å². The summed E-state index contributed by atoms with van der Waals surface area (Å²) in [4.78, 5) is 0. The largest absolute Gasteiger partial charge is 0.516 e. The third-order valence-electron chi connectivity index (χ3n) is 7.43. The van der Waals surface area contributed by atoms with Gasteiger partial charge >= 0.3 is 57.1 Å². The first kappa shape index (κ1) is 47.2. The summed E-state index contributed by atoms with van der Waals surface area (Å²) >= 11 is -0.543. The SMILES string of the molecule is CC(C)(C)[CH]=[W][Cl].CCOCC.Cc1c(-c2ccccc2)cccc1-c1ccccc1.O.Oc1c(-c2[c-]cccc2)cccc1-c1ccccc1.[Ar]. The van der Waals surface area contributed by atoms with Crippen molar-refractivity contribution >= 4 is 13.8 Å². The van der Waals surface area contributed by atoms with Crippen molar-refractivity contribution in [2.45, 2.75) is 41.5 Å². The van der Waals surface area contributed by atoms with Crippen molar-refractivity contribution in [1.29, 1.82) is 0 Å². The number of benzene rings is 6. The summed E-state index contributed by atoms with van der Waals surface area (Å²) in [5.41, 5.74) is 10.4. The van der Waals surface area contributed by atoms with Crippen molar-refractivity contribution in [2.75, 3.05) is 13.2 Å². The maximum Gasteiger partial charge on any atom is 0.0898 e. The Labute approximate surface area is 354 Å². The van der Waals surface area contributed by atoms with Crippen LogP contribution >= 0.6 is 9.42 Å². The van der Waals surface area contributed by atoms with E-state index in [9.17, 15) is 5.11 Å². The van der Waals surface area contributed by atoms with Gasteiger partial charge in [0.25, 0.3) is 0 Å². The fourth-order valence-corrected chi connectivity index (χ4v) is 8.15. The second-order valence-corrected chi connectivity index (χ2v) is 15.4. The quantitative estimate of drug-likeness (QED) is 0.169. The zero-order valence-corrected chi connectivity index (χ0v) is 35.3. The molecule has 0 amide bonds. The zero-order valence-electron chi connectivity index (χ0n) is 30.9. The van der Waals surface area contributed by atoms with E-state index in [2.05, 4.69) is 117 Å². The Kier molecular flexibility index (Phi) is 23.6. The summed E-state index contributed by atoms with van der Waals surface area (Å²) in [6.07, 6.45) is 0. The number of hydrogen-bond acceptors (Lipinski definition) is 2. The Morgan fingerprint density at radius 3 is 1.37 bits per heavy atom. The van der Waals surface area contributed by atoms with Gasteiger partial charge in [-0.1, -0.05) is 133 Å². The first-order valence-corrected chi connectivity index (χ1v) is 22.3. The van der Waals surface area contributed by atoms with Gasteiger partial charge < -0.3 is 15.3 Å². The summed E-state index contributed by atoms with van der Waals surface area (Å²) in [5, 5.41) is 10.5. The average Bonchev–Trinajstić information content (AvgIpc) is 3.14. The maximum atomic E-state index is 10.5. The molecule has 0 aliphatic rings. The Balaban J connectivity index is 0.000000388. The van der Waals surface area contributed by atoms with Gasteiger partial charge in [0.1, 0.15) is 0 Å². The molecule has 0 atom stereocenters. The molecule has 0 spiro atoms. The number of halogens is 1. The van der Waals surface area contributed by atoms with Crippen LogP contribution in [-0.2, 0) is 21.8 Å². The normalized spacial score (nSPS) is 10.1. The fourth-order valence-electron chi connectivity index (χ4n) is 5.01. The third kappa shape index (κ3) is 16.0. The van der Waals surface area contributed by atoms with E-state index in [0.717, 1.165) is 35.5 Å². The Morgan fingerprint density at radius 2 is 1.02 bits per heavy atom. The predicted octanol–water partition coefficient (Wildman–Crippen LogP) is 12.1. The summed E-state index contributed by atoms with van der Waals surface area (Å²) in [7, 11) is 5.60. The van der Waals surface area contributed by atoms with Crippen LogP contribution in [0.5, 0.6) is 5.75 Å². The van der Waals surface area contributed by atoms with Crippen LogP contribution in [0.15, 0.2) is 152 Å². The van der Waals surface area contributed by atoms with Crippen LogP contribution in [0.4, 0.5) is 0 Å². The van der Waals surface area contributed by atoms with Gasteiger partial charge in [-0.15, -0.1) is 35.9 Å².